The molecule has 0 spiro atoms. The van der Waals surface area contributed by atoms with Gasteiger partial charge in [0.2, 0.25) is 5.91 Å². The fourth-order valence-electron chi connectivity index (χ4n) is 2.65. The Balaban J connectivity index is 1.64. The second-order valence-corrected chi connectivity index (χ2v) is 5.59. The molecule has 0 fully saturated rings. The summed E-state index contributed by atoms with van der Waals surface area (Å²) in [6.07, 6.45) is 3.67. The molecular weight excluding hydrogens is 290 g/mol. The molecule has 1 atom stereocenters. The van der Waals surface area contributed by atoms with Gasteiger partial charge >= 0.3 is 0 Å². The third-order valence-corrected chi connectivity index (χ3v) is 3.94. The molecule has 4 heteroatoms. The summed E-state index contributed by atoms with van der Waals surface area (Å²) in [7, 11) is 0. The molecule has 0 saturated heterocycles. The SMILES string of the molecule is O=C(/C=C/c1ccccc1)NCC1(O)CCOc2ccccc21. The molecule has 0 aromatic heterocycles. The van der Waals surface area contributed by atoms with Crippen LogP contribution in [-0.2, 0) is 10.4 Å². The maximum atomic E-state index is 12.0. The van der Waals surface area contributed by atoms with Crippen molar-refractivity contribution in [1.82, 2.24) is 5.32 Å². The normalized spacial score (nSPS) is 19.9. The quantitative estimate of drug-likeness (QED) is 0.853. The van der Waals surface area contributed by atoms with Crippen molar-refractivity contribution in [3.05, 3.63) is 71.8 Å². The third kappa shape index (κ3) is 3.60. The fourth-order valence-corrected chi connectivity index (χ4v) is 2.65. The number of hydrogen-bond donors (Lipinski definition) is 2. The van der Waals surface area contributed by atoms with Crippen LogP contribution in [-0.4, -0.2) is 24.2 Å². The van der Waals surface area contributed by atoms with Crippen molar-refractivity contribution in [1.29, 1.82) is 0 Å². The molecule has 1 amide bonds. The van der Waals surface area contributed by atoms with Gasteiger partial charge in [-0.25, -0.2) is 0 Å². The number of rotatable bonds is 4. The standard InChI is InChI=1S/C19H19NO3/c21-18(11-10-15-6-2-1-3-7-15)20-14-19(22)12-13-23-17-9-5-4-8-16(17)19/h1-11,22H,12-14H2,(H,20,21)/b11-10+. The number of para-hydroxylation sites is 1. The van der Waals surface area contributed by atoms with Crippen LogP contribution in [0.2, 0.25) is 0 Å². The van der Waals surface area contributed by atoms with E-state index < -0.39 is 5.60 Å². The van der Waals surface area contributed by atoms with Crippen LogP contribution in [0.4, 0.5) is 0 Å². The summed E-state index contributed by atoms with van der Waals surface area (Å²) in [4.78, 5) is 12.0. The van der Waals surface area contributed by atoms with Gasteiger partial charge in [0, 0.05) is 18.1 Å². The molecule has 0 bridgehead atoms. The van der Waals surface area contributed by atoms with Gasteiger partial charge in [-0.1, -0.05) is 48.5 Å². The Kier molecular flexibility index (Phi) is 4.44. The predicted molar refractivity (Wildman–Crippen MR) is 88.9 cm³/mol. The first-order valence-electron chi connectivity index (χ1n) is 7.63. The minimum absolute atomic E-state index is 0.158. The molecule has 1 heterocycles. The van der Waals surface area contributed by atoms with Crippen molar-refractivity contribution >= 4 is 12.0 Å². The highest BCUT2D eigenvalue weighted by Gasteiger charge is 2.35. The number of fused-ring (bicyclic) bond motifs is 1. The van der Waals surface area contributed by atoms with Gasteiger partial charge in [0.15, 0.2) is 0 Å². The van der Waals surface area contributed by atoms with Crippen LogP contribution in [0.15, 0.2) is 60.7 Å². The van der Waals surface area contributed by atoms with E-state index >= 15 is 0 Å². The number of nitrogens with one attached hydrogen (secondary N) is 1. The second kappa shape index (κ2) is 6.67. The van der Waals surface area contributed by atoms with Crippen LogP contribution in [0.25, 0.3) is 6.08 Å². The van der Waals surface area contributed by atoms with Crippen molar-refractivity contribution in [2.75, 3.05) is 13.2 Å². The topological polar surface area (TPSA) is 58.6 Å². The molecule has 23 heavy (non-hydrogen) atoms. The maximum Gasteiger partial charge on any atom is 0.244 e. The second-order valence-electron chi connectivity index (χ2n) is 5.59. The summed E-state index contributed by atoms with van der Waals surface area (Å²) in [6, 6.07) is 17.0. The number of ether oxygens (including phenoxy) is 1. The monoisotopic (exact) mass is 309 g/mol. The Hall–Kier alpha value is -2.59. The number of carbonyl (C=O) groups excluding carboxylic acids is 1. The molecule has 0 aliphatic carbocycles. The molecule has 118 valence electrons. The van der Waals surface area contributed by atoms with E-state index in [1.165, 1.54) is 6.08 Å². The predicted octanol–water partition coefficient (Wildman–Crippen LogP) is 2.49. The molecule has 0 saturated carbocycles. The van der Waals surface area contributed by atoms with Gasteiger partial charge < -0.3 is 15.2 Å². The molecule has 2 aromatic rings. The molecule has 1 aliphatic heterocycles. The molecule has 2 aromatic carbocycles. The molecular formula is C19H19NO3. The molecule has 4 nitrogen and oxygen atoms in total. The summed E-state index contributed by atoms with van der Waals surface area (Å²) < 4.78 is 5.54. The zero-order valence-corrected chi connectivity index (χ0v) is 12.7. The van der Waals surface area contributed by atoms with Crippen LogP contribution in [0.1, 0.15) is 17.5 Å². The molecule has 2 N–H and O–H groups in total. The minimum Gasteiger partial charge on any atom is -0.493 e. The highest BCUT2D eigenvalue weighted by Crippen LogP contribution is 2.36. The van der Waals surface area contributed by atoms with Gasteiger partial charge in [-0.15, -0.1) is 0 Å². The fraction of sp³-hybridized carbons (Fsp3) is 0.211. The number of amides is 1. The first kappa shape index (κ1) is 15.3. The molecule has 3 rings (SSSR count). The summed E-state index contributed by atoms with van der Waals surface area (Å²) in [5.41, 5.74) is 0.585. The number of aliphatic hydroxyl groups is 1. The van der Waals surface area contributed by atoms with E-state index in [0.717, 1.165) is 11.1 Å². The van der Waals surface area contributed by atoms with Crippen LogP contribution in [0, 0.1) is 0 Å². The average Bonchev–Trinajstić information content (AvgIpc) is 2.60. The van der Waals surface area contributed by atoms with Crippen LogP contribution in [0.3, 0.4) is 0 Å². The summed E-state index contributed by atoms with van der Waals surface area (Å²) in [5.74, 6) is 0.446. The Morgan fingerprint density at radius 2 is 1.91 bits per heavy atom. The summed E-state index contributed by atoms with van der Waals surface area (Å²) >= 11 is 0. The lowest BCUT2D eigenvalue weighted by molar-refractivity contribution is -0.118. The van der Waals surface area contributed by atoms with Crippen LogP contribution >= 0.6 is 0 Å². The van der Waals surface area contributed by atoms with Gasteiger partial charge in [0.1, 0.15) is 11.4 Å². The zero-order chi connectivity index (χ0) is 16.1. The minimum atomic E-state index is -1.09. The molecule has 1 aliphatic rings. The Bertz CT molecular complexity index is 712. The summed E-state index contributed by atoms with van der Waals surface area (Å²) in [5, 5.41) is 13.6. The highest BCUT2D eigenvalue weighted by molar-refractivity contribution is 5.91. The van der Waals surface area contributed by atoms with Gasteiger partial charge in [-0.3, -0.25) is 4.79 Å². The lowest BCUT2D eigenvalue weighted by atomic mass is 9.88. The average molecular weight is 309 g/mol. The Labute approximate surface area is 135 Å². The third-order valence-electron chi connectivity index (χ3n) is 3.94. The van der Waals surface area contributed by atoms with E-state index in [1.54, 1.807) is 6.08 Å². The van der Waals surface area contributed by atoms with E-state index in [-0.39, 0.29) is 12.5 Å². The zero-order valence-electron chi connectivity index (χ0n) is 12.7. The van der Waals surface area contributed by atoms with E-state index in [4.69, 9.17) is 4.74 Å². The van der Waals surface area contributed by atoms with E-state index in [9.17, 15) is 9.90 Å². The molecule has 1 unspecified atom stereocenters. The lowest BCUT2D eigenvalue weighted by Crippen LogP contribution is -2.43. The van der Waals surface area contributed by atoms with E-state index in [1.807, 2.05) is 54.6 Å². The highest BCUT2D eigenvalue weighted by atomic mass is 16.5. The maximum absolute atomic E-state index is 12.0. The van der Waals surface area contributed by atoms with Crippen LogP contribution < -0.4 is 10.1 Å². The van der Waals surface area contributed by atoms with E-state index in [2.05, 4.69) is 5.32 Å². The van der Waals surface area contributed by atoms with Crippen molar-refractivity contribution in [3.8, 4) is 5.75 Å². The Morgan fingerprint density at radius 3 is 2.74 bits per heavy atom. The van der Waals surface area contributed by atoms with Crippen molar-refractivity contribution < 1.29 is 14.6 Å². The van der Waals surface area contributed by atoms with Crippen molar-refractivity contribution in [3.63, 3.8) is 0 Å². The van der Waals surface area contributed by atoms with Gasteiger partial charge in [-0.2, -0.15) is 0 Å². The molecule has 0 radical (unpaired) electrons. The van der Waals surface area contributed by atoms with Crippen LogP contribution in [0.5, 0.6) is 5.75 Å². The summed E-state index contributed by atoms with van der Waals surface area (Å²) in [6.45, 7) is 0.592. The van der Waals surface area contributed by atoms with Gasteiger partial charge in [-0.05, 0) is 17.7 Å². The van der Waals surface area contributed by atoms with Crippen molar-refractivity contribution in [2.24, 2.45) is 0 Å². The van der Waals surface area contributed by atoms with Crippen molar-refractivity contribution in [2.45, 2.75) is 12.0 Å². The lowest BCUT2D eigenvalue weighted by Gasteiger charge is -2.34. The first-order chi connectivity index (χ1) is 11.2. The largest absolute Gasteiger partial charge is 0.493 e. The number of hydrogen-bond acceptors (Lipinski definition) is 3. The van der Waals surface area contributed by atoms with Gasteiger partial charge in [0.05, 0.1) is 13.2 Å². The Morgan fingerprint density at radius 1 is 1.17 bits per heavy atom. The first-order valence-corrected chi connectivity index (χ1v) is 7.63. The van der Waals surface area contributed by atoms with Gasteiger partial charge in [0.25, 0.3) is 0 Å². The van der Waals surface area contributed by atoms with E-state index in [0.29, 0.717) is 18.8 Å². The smallest absolute Gasteiger partial charge is 0.244 e. The number of benzene rings is 2. The number of carbonyl (C=O) groups is 1.